The van der Waals surface area contributed by atoms with E-state index in [-0.39, 0.29) is 23.9 Å². The van der Waals surface area contributed by atoms with Crippen LogP contribution >= 0.6 is 0 Å². The Kier molecular flexibility index (Phi) is 4.50. The summed E-state index contributed by atoms with van der Waals surface area (Å²) in [5.74, 6) is -0.468. The number of benzene rings is 1. The summed E-state index contributed by atoms with van der Waals surface area (Å²) in [7, 11) is 0. The molecule has 1 aliphatic rings. The van der Waals surface area contributed by atoms with E-state index in [1.54, 1.807) is 22.8 Å². The topological polar surface area (TPSA) is 115 Å². The predicted molar refractivity (Wildman–Crippen MR) is 101 cm³/mol. The summed E-state index contributed by atoms with van der Waals surface area (Å²) in [6, 6.07) is 5.75. The SMILES string of the molecule is C[C@@H](Nc1ccn2ncc(N)c2n1)c1cc(F)ccc1OC1CC(C(=O)O)C1. The van der Waals surface area contributed by atoms with Gasteiger partial charge in [0.15, 0.2) is 5.65 Å². The molecule has 0 unspecified atom stereocenters. The van der Waals surface area contributed by atoms with Crippen LogP contribution in [0.15, 0.2) is 36.7 Å². The largest absolute Gasteiger partial charge is 0.490 e. The molecule has 1 aliphatic carbocycles. The zero-order valence-electron chi connectivity index (χ0n) is 15.2. The van der Waals surface area contributed by atoms with Crippen LogP contribution in [0.4, 0.5) is 15.9 Å². The molecular weight excluding hydrogens is 365 g/mol. The number of nitrogen functional groups attached to an aromatic ring is 1. The van der Waals surface area contributed by atoms with Gasteiger partial charge in [0.1, 0.15) is 23.5 Å². The van der Waals surface area contributed by atoms with Crippen LogP contribution in [0, 0.1) is 11.7 Å². The summed E-state index contributed by atoms with van der Waals surface area (Å²) in [5.41, 5.74) is 7.47. The number of hydrogen-bond acceptors (Lipinski definition) is 6. The minimum Gasteiger partial charge on any atom is -0.490 e. The maximum Gasteiger partial charge on any atom is 0.306 e. The summed E-state index contributed by atoms with van der Waals surface area (Å²) >= 11 is 0. The monoisotopic (exact) mass is 385 g/mol. The molecule has 1 aromatic carbocycles. The first-order valence-corrected chi connectivity index (χ1v) is 8.96. The van der Waals surface area contributed by atoms with Crippen LogP contribution in [0.25, 0.3) is 5.65 Å². The fourth-order valence-corrected chi connectivity index (χ4v) is 3.27. The second-order valence-electron chi connectivity index (χ2n) is 6.98. The summed E-state index contributed by atoms with van der Waals surface area (Å²) in [4.78, 5) is 15.4. The lowest BCUT2D eigenvalue weighted by molar-refractivity contribution is -0.147. The molecule has 0 aliphatic heterocycles. The van der Waals surface area contributed by atoms with Gasteiger partial charge in [0.2, 0.25) is 0 Å². The van der Waals surface area contributed by atoms with Gasteiger partial charge in [-0.1, -0.05) is 0 Å². The molecular formula is C19H20FN5O3. The number of aromatic nitrogens is 3. The van der Waals surface area contributed by atoms with Gasteiger partial charge in [-0.2, -0.15) is 5.10 Å². The number of hydrogen-bond donors (Lipinski definition) is 3. The first kappa shape index (κ1) is 18.0. The number of nitrogens with one attached hydrogen (secondary N) is 1. The molecule has 0 amide bonds. The smallest absolute Gasteiger partial charge is 0.306 e. The first-order valence-electron chi connectivity index (χ1n) is 8.96. The molecule has 0 saturated heterocycles. The van der Waals surface area contributed by atoms with Gasteiger partial charge >= 0.3 is 5.97 Å². The number of fused-ring (bicyclic) bond motifs is 1. The summed E-state index contributed by atoms with van der Waals surface area (Å²) in [5, 5.41) is 16.3. The highest BCUT2D eigenvalue weighted by molar-refractivity contribution is 5.71. The number of rotatable bonds is 6. The average Bonchev–Trinajstić information content (AvgIpc) is 2.99. The Morgan fingerprint density at radius 2 is 2.21 bits per heavy atom. The van der Waals surface area contributed by atoms with Gasteiger partial charge in [-0.3, -0.25) is 4.79 Å². The van der Waals surface area contributed by atoms with Crippen molar-refractivity contribution in [3.8, 4) is 5.75 Å². The van der Waals surface area contributed by atoms with E-state index in [0.717, 1.165) is 0 Å². The summed E-state index contributed by atoms with van der Waals surface area (Å²) < 4.78 is 21.4. The maximum atomic E-state index is 13.9. The maximum absolute atomic E-state index is 13.9. The molecule has 146 valence electrons. The minimum absolute atomic E-state index is 0.182. The van der Waals surface area contributed by atoms with Crippen LogP contribution in [-0.2, 0) is 4.79 Å². The van der Waals surface area contributed by atoms with Crippen LogP contribution < -0.4 is 15.8 Å². The summed E-state index contributed by atoms with van der Waals surface area (Å²) in [6.07, 6.45) is 3.98. The van der Waals surface area contributed by atoms with Crippen molar-refractivity contribution in [3.63, 3.8) is 0 Å². The van der Waals surface area contributed by atoms with Crippen molar-refractivity contribution in [1.29, 1.82) is 0 Å². The number of carboxylic acid groups (broad SMARTS) is 1. The highest BCUT2D eigenvalue weighted by Crippen LogP contribution is 2.35. The van der Waals surface area contributed by atoms with Crippen molar-refractivity contribution >= 4 is 23.1 Å². The molecule has 8 nitrogen and oxygen atoms in total. The standard InChI is InChI=1S/C19H20FN5O3/c1-10(23-17-4-5-25-18(24-17)15(21)9-22-25)14-8-12(20)2-3-16(14)28-13-6-11(7-13)19(26)27/h2-5,8-11,13H,6-7,21H2,1H3,(H,23,24)(H,26,27)/t10-,11?,13?/m1/s1. The Morgan fingerprint density at radius 3 is 2.96 bits per heavy atom. The number of nitrogens with two attached hydrogens (primary N) is 1. The second-order valence-corrected chi connectivity index (χ2v) is 6.98. The predicted octanol–water partition coefficient (Wildman–Crippen LogP) is 2.87. The molecule has 3 aromatic rings. The van der Waals surface area contributed by atoms with Gasteiger partial charge in [0.25, 0.3) is 0 Å². The molecule has 0 bridgehead atoms. The summed E-state index contributed by atoms with van der Waals surface area (Å²) in [6.45, 7) is 1.87. The zero-order valence-corrected chi connectivity index (χ0v) is 15.2. The second kappa shape index (κ2) is 6.99. The molecule has 0 spiro atoms. The van der Waals surface area contributed by atoms with Gasteiger partial charge < -0.3 is 20.9 Å². The molecule has 1 saturated carbocycles. The normalized spacial score (nSPS) is 19.8. The third-order valence-corrected chi connectivity index (χ3v) is 4.94. The minimum atomic E-state index is -0.810. The van der Waals surface area contributed by atoms with Crippen molar-refractivity contribution in [2.75, 3.05) is 11.1 Å². The van der Waals surface area contributed by atoms with Gasteiger partial charge in [-0.15, -0.1) is 0 Å². The fourth-order valence-electron chi connectivity index (χ4n) is 3.27. The lowest BCUT2D eigenvalue weighted by Crippen LogP contribution is -2.38. The van der Waals surface area contributed by atoms with E-state index in [1.165, 1.54) is 18.3 Å². The van der Waals surface area contributed by atoms with Crippen molar-refractivity contribution in [2.24, 2.45) is 5.92 Å². The highest BCUT2D eigenvalue weighted by Gasteiger charge is 2.36. The number of anilines is 2. The third kappa shape index (κ3) is 3.42. The van der Waals surface area contributed by atoms with Crippen molar-refractivity contribution in [1.82, 2.24) is 14.6 Å². The van der Waals surface area contributed by atoms with E-state index in [1.807, 2.05) is 6.92 Å². The number of aliphatic carboxylic acids is 1. The Bertz CT molecular complexity index is 1030. The third-order valence-electron chi connectivity index (χ3n) is 4.94. The van der Waals surface area contributed by atoms with E-state index in [4.69, 9.17) is 15.6 Å². The average molecular weight is 385 g/mol. The molecule has 4 rings (SSSR count). The number of halogens is 1. The van der Waals surface area contributed by atoms with Gasteiger partial charge in [0, 0.05) is 11.8 Å². The van der Waals surface area contributed by atoms with Crippen LogP contribution in [-0.4, -0.2) is 31.8 Å². The van der Waals surface area contributed by atoms with Crippen LogP contribution in [0.2, 0.25) is 0 Å². The molecule has 1 fully saturated rings. The van der Waals surface area contributed by atoms with E-state index in [0.29, 0.717) is 41.3 Å². The van der Waals surface area contributed by atoms with Gasteiger partial charge in [0.05, 0.1) is 23.8 Å². The highest BCUT2D eigenvalue weighted by atomic mass is 19.1. The van der Waals surface area contributed by atoms with Crippen molar-refractivity contribution in [2.45, 2.75) is 31.9 Å². The lowest BCUT2D eigenvalue weighted by atomic mass is 9.82. The number of ether oxygens (including phenoxy) is 1. The zero-order chi connectivity index (χ0) is 19.8. The van der Waals surface area contributed by atoms with E-state index in [2.05, 4.69) is 15.4 Å². The lowest BCUT2D eigenvalue weighted by Gasteiger charge is -2.33. The molecule has 9 heteroatoms. The van der Waals surface area contributed by atoms with E-state index >= 15 is 0 Å². The van der Waals surface area contributed by atoms with Crippen LogP contribution in [0.3, 0.4) is 0 Å². The molecule has 28 heavy (non-hydrogen) atoms. The Labute approximate surface area is 160 Å². The number of carbonyl (C=O) groups is 1. The van der Waals surface area contributed by atoms with E-state index < -0.39 is 5.97 Å². The van der Waals surface area contributed by atoms with Crippen molar-refractivity contribution in [3.05, 3.63) is 48.0 Å². The van der Waals surface area contributed by atoms with E-state index in [9.17, 15) is 9.18 Å². The Hall–Kier alpha value is -3.36. The Balaban J connectivity index is 1.52. The number of carboxylic acids is 1. The molecule has 2 aromatic heterocycles. The number of nitrogens with zero attached hydrogens (tertiary/aromatic N) is 3. The first-order chi connectivity index (χ1) is 13.4. The quantitative estimate of drug-likeness (QED) is 0.598. The molecule has 2 heterocycles. The molecule has 4 N–H and O–H groups in total. The van der Waals surface area contributed by atoms with Crippen LogP contribution in [0.5, 0.6) is 5.75 Å². The fraction of sp³-hybridized carbons (Fsp3) is 0.316. The Morgan fingerprint density at radius 1 is 1.43 bits per heavy atom. The van der Waals surface area contributed by atoms with Crippen LogP contribution in [0.1, 0.15) is 31.4 Å². The van der Waals surface area contributed by atoms with Crippen molar-refractivity contribution < 1.29 is 19.0 Å². The van der Waals surface area contributed by atoms with Gasteiger partial charge in [-0.05, 0) is 44.0 Å². The molecule has 1 atom stereocenters. The molecule has 0 radical (unpaired) electrons. The van der Waals surface area contributed by atoms with Gasteiger partial charge in [-0.25, -0.2) is 13.9 Å².